The van der Waals surface area contributed by atoms with E-state index in [0.29, 0.717) is 16.7 Å². The Bertz CT molecular complexity index is 659. The Hall–Kier alpha value is -2.14. The van der Waals surface area contributed by atoms with Gasteiger partial charge in [-0.15, -0.1) is 0 Å². The standard InChI is InChI=1S/C12H8ClNO4/c1-6(15)18-7-2-3-10-8(4-7)9(5-14-10)11(16)12(13)17/h2-5,14H,1H3. The highest BCUT2D eigenvalue weighted by atomic mass is 35.5. The van der Waals surface area contributed by atoms with Gasteiger partial charge in [0.25, 0.3) is 5.24 Å². The third-order valence-corrected chi connectivity index (χ3v) is 2.51. The fourth-order valence-corrected chi connectivity index (χ4v) is 1.72. The van der Waals surface area contributed by atoms with E-state index in [1.165, 1.54) is 19.2 Å². The van der Waals surface area contributed by atoms with E-state index in [-0.39, 0.29) is 5.56 Å². The number of rotatable bonds is 3. The number of nitrogens with one attached hydrogen (secondary N) is 1. The Morgan fingerprint density at radius 2 is 2.00 bits per heavy atom. The van der Waals surface area contributed by atoms with E-state index in [4.69, 9.17) is 16.3 Å². The third kappa shape index (κ3) is 2.26. The zero-order valence-electron chi connectivity index (χ0n) is 9.32. The van der Waals surface area contributed by atoms with E-state index >= 15 is 0 Å². The molecule has 0 saturated carbocycles. The topological polar surface area (TPSA) is 76.2 Å². The van der Waals surface area contributed by atoms with Crippen LogP contribution in [-0.4, -0.2) is 22.0 Å². The second kappa shape index (κ2) is 4.62. The number of fused-ring (bicyclic) bond motifs is 1. The van der Waals surface area contributed by atoms with Gasteiger partial charge < -0.3 is 9.72 Å². The SMILES string of the molecule is CC(=O)Oc1ccc2[nH]cc(C(=O)C(=O)Cl)c2c1. The van der Waals surface area contributed by atoms with Crippen molar-refractivity contribution in [1.29, 1.82) is 0 Å². The van der Waals surface area contributed by atoms with Crippen molar-refractivity contribution in [2.75, 3.05) is 0 Å². The summed E-state index contributed by atoms with van der Waals surface area (Å²) in [5.74, 6) is -0.972. The van der Waals surface area contributed by atoms with Gasteiger partial charge in [0.1, 0.15) is 5.75 Å². The Balaban J connectivity index is 2.53. The fraction of sp³-hybridized carbons (Fsp3) is 0.0833. The summed E-state index contributed by atoms with van der Waals surface area (Å²) in [6, 6.07) is 4.72. The molecule has 2 aromatic rings. The number of carbonyl (C=O) groups is 3. The summed E-state index contributed by atoms with van der Waals surface area (Å²) in [5.41, 5.74) is 0.797. The van der Waals surface area contributed by atoms with E-state index in [0.717, 1.165) is 0 Å². The molecule has 0 unspecified atom stereocenters. The van der Waals surface area contributed by atoms with Crippen LogP contribution in [0.4, 0.5) is 0 Å². The Morgan fingerprint density at radius 1 is 1.28 bits per heavy atom. The van der Waals surface area contributed by atoms with Crippen LogP contribution < -0.4 is 4.74 Å². The van der Waals surface area contributed by atoms with Gasteiger partial charge in [0.2, 0.25) is 5.78 Å². The molecule has 0 spiro atoms. The molecule has 0 atom stereocenters. The number of ether oxygens (including phenoxy) is 1. The summed E-state index contributed by atoms with van der Waals surface area (Å²) in [6.07, 6.45) is 1.39. The molecule has 1 heterocycles. The molecule has 1 aromatic heterocycles. The number of aromatic nitrogens is 1. The van der Waals surface area contributed by atoms with Crippen LogP contribution in [-0.2, 0) is 9.59 Å². The predicted octanol–water partition coefficient (Wildman–Crippen LogP) is 2.04. The molecule has 92 valence electrons. The Morgan fingerprint density at radius 3 is 2.61 bits per heavy atom. The Labute approximate surface area is 107 Å². The first-order chi connectivity index (χ1) is 8.49. The predicted molar refractivity (Wildman–Crippen MR) is 64.8 cm³/mol. The van der Waals surface area contributed by atoms with Crippen LogP contribution in [0.25, 0.3) is 10.9 Å². The molecule has 2 rings (SSSR count). The van der Waals surface area contributed by atoms with Crippen LogP contribution in [0, 0.1) is 0 Å². The lowest BCUT2D eigenvalue weighted by Gasteiger charge is -2.01. The first-order valence-electron chi connectivity index (χ1n) is 5.02. The highest BCUT2D eigenvalue weighted by molar-refractivity contribution is 6.83. The lowest BCUT2D eigenvalue weighted by molar-refractivity contribution is -0.131. The summed E-state index contributed by atoms with van der Waals surface area (Å²) in [6.45, 7) is 1.27. The molecule has 18 heavy (non-hydrogen) atoms. The molecule has 6 heteroatoms. The van der Waals surface area contributed by atoms with Crippen molar-refractivity contribution in [2.45, 2.75) is 6.92 Å². The lowest BCUT2D eigenvalue weighted by atomic mass is 10.1. The molecule has 5 nitrogen and oxygen atoms in total. The molecule has 0 radical (unpaired) electrons. The van der Waals surface area contributed by atoms with Crippen LogP contribution in [0.2, 0.25) is 0 Å². The first-order valence-corrected chi connectivity index (χ1v) is 5.40. The van der Waals surface area contributed by atoms with Crippen LogP contribution in [0.3, 0.4) is 0 Å². The molecule has 0 aliphatic rings. The molecular formula is C12H8ClNO4. The van der Waals surface area contributed by atoms with Gasteiger partial charge >= 0.3 is 5.97 Å². The van der Waals surface area contributed by atoms with Crippen LogP contribution in [0.1, 0.15) is 17.3 Å². The van der Waals surface area contributed by atoms with Gasteiger partial charge in [0, 0.05) is 24.0 Å². The van der Waals surface area contributed by atoms with E-state index in [1.54, 1.807) is 12.1 Å². The summed E-state index contributed by atoms with van der Waals surface area (Å²) >= 11 is 5.16. The van der Waals surface area contributed by atoms with Crippen molar-refractivity contribution >= 4 is 39.5 Å². The number of hydrogen-bond acceptors (Lipinski definition) is 4. The van der Waals surface area contributed by atoms with Gasteiger partial charge in [0.15, 0.2) is 0 Å². The van der Waals surface area contributed by atoms with E-state index in [2.05, 4.69) is 4.98 Å². The van der Waals surface area contributed by atoms with Crippen molar-refractivity contribution < 1.29 is 19.1 Å². The molecule has 1 N–H and O–H groups in total. The van der Waals surface area contributed by atoms with Crippen molar-refractivity contribution in [3.05, 3.63) is 30.0 Å². The Kier molecular flexibility index (Phi) is 3.16. The number of halogens is 1. The maximum atomic E-state index is 11.5. The number of aromatic amines is 1. The van der Waals surface area contributed by atoms with E-state index in [1.807, 2.05) is 0 Å². The molecule has 1 aromatic carbocycles. The van der Waals surface area contributed by atoms with Crippen LogP contribution in [0.5, 0.6) is 5.75 Å². The van der Waals surface area contributed by atoms with Gasteiger partial charge in [-0.05, 0) is 29.8 Å². The highest BCUT2D eigenvalue weighted by Crippen LogP contribution is 2.24. The minimum Gasteiger partial charge on any atom is -0.427 e. The molecular weight excluding hydrogens is 258 g/mol. The summed E-state index contributed by atoms with van der Waals surface area (Å²) in [4.78, 5) is 36.1. The van der Waals surface area contributed by atoms with Crippen molar-refractivity contribution in [3.63, 3.8) is 0 Å². The van der Waals surface area contributed by atoms with E-state index in [9.17, 15) is 14.4 Å². The van der Waals surface area contributed by atoms with Crippen molar-refractivity contribution in [3.8, 4) is 5.75 Å². The largest absolute Gasteiger partial charge is 0.427 e. The van der Waals surface area contributed by atoms with Gasteiger partial charge in [0.05, 0.1) is 5.56 Å². The fourth-order valence-electron chi connectivity index (χ4n) is 1.62. The molecule has 0 bridgehead atoms. The maximum absolute atomic E-state index is 11.5. The van der Waals surface area contributed by atoms with Gasteiger partial charge in [-0.25, -0.2) is 0 Å². The average molecular weight is 266 g/mol. The van der Waals surface area contributed by atoms with Crippen molar-refractivity contribution in [2.24, 2.45) is 0 Å². The lowest BCUT2D eigenvalue weighted by Crippen LogP contribution is -2.06. The number of H-pyrrole nitrogens is 1. The highest BCUT2D eigenvalue weighted by Gasteiger charge is 2.18. The average Bonchev–Trinajstić information content (AvgIpc) is 2.70. The monoisotopic (exact) mass is 265 g/mol. The van der Waals surface area contributed by atoms with Gasteiger partial charge in [-0.1, -0.05) is 0 Å². The minimum absolute atomic E-state index is 0.152. The second-order valence-corrected chi connectivity index (χ2v) is 3.95. The molecule has 0 aliphatic heterocycles. The summed E-state index contributed by atoms with van der Waals surface area (Å²) in [7, 11) is 0. The van der Waals surface area contributed by atoms with Crippen molar-refractivity contribution in [1.82, 2.24) is 4.98 Å². The smallest absolute Gasteiger partial charge is 0.308 e. The number of hydrogen-bond donors (Lipinski definition) is 1. The van der Waals surface area contributed by atoms with Crippen LogP contribution in [0.15, 0.2) is 24.4 Å². The number of esters is 1. The summed E-state index contributed by atoms with van der Waals surface area (Å²) in [5, 5.41) is -0.582. The normalized spacial score (nSPS) is 10.3. The first kappa shape index (κ1) is 12.3. The zero-order chi connectivity index (χ0) is 13.3. The van der Waals surface area contributed by atoms with Gasteiger partial charge in [-0.3, -0.25) is 14.4 Å². The van der Waals surface area contributed by atoms with E-state index < -0.39 is 17.0 Å². The summed E-state index contributed by atoms with van der Waals surface area (Å²) < 4.78 is 4.90. The van der Waals surface area contributed by atoms with Crippen LogP contribution >= 0.6 is 11.6 Å². The number of benzene rings is 1. The molecule has 0 amide bonds. The number of carbonyl (C=O) groups excluding carboxylic acids is 3. The minimum atomic E-state index is -1.06. The number of ketones is 1. The van der Waals surface area contributed by atoms with Gasteiger partial charge in [-0.2, -0.15) is 0 Å². The molecule has 0 saturated heterocycles. The second-order valence-electron chi connectivity index (χ2n) is 3.61. The molecule has 0 fully saturated rings. The molecule has 0 aliphatic carbocycles. The third-order valence-electron chi connectivity index (χ3n) is 2.34. The number of Topliss-reactive ketones (excluding diaryl/α,β-unsaturated/α-hetero) is 1. The zero-order valence-corrected chi connectivity index (χ0v) is 10.1. The maximum Gasteiger partial charge on any atom is 0.308 e. The quantitative estimate of drug-likeness (QED) is 0.303.